The Morgan fingerprint density at radius 2 is 1.85 bits per heavy atom. The monoisotopic (exact) mass is 363 g/mol. The third-order valence-electron chi connectivity index (χ3n) is 4.08. The van der Waals surface area contributed by atoms with E-state index >= 15 is 0 Å². The zero-order valence-corrected chi connectivity index (χ0v) is 15.0. The molecule has 1 saturated heterocycles. The number of hydrogen-bond acceptors (Lipinski definition) is 4. The zero-order chi connectivity index (χ0) is 18.7. The molecule has 0 unspecified atom stereocenters. The lowest BCUT2D eigenvalue weighted by Gasteiger charge is -2.18. The summed E-state index contributed by atoms with van der Waals surface area (Å²) in [6, 6.07) is 18.9. The number of primary amides is 1. The van der Waals surface area contributed by atoms with Crippen LogP contribution in [0.25, 0.3) is 0 Å². The molecule has 2 aromatic carbocycles. The SMILES string of the molecule is Cc1ccc(N2C(=O)[C@H](Cc3ccccc3)S/C2=C(\C#N)C(N)=O)cc1. The van der Waals surface area contributed by atoms with Crippen LogP contribution in [0.2, 0.25) is 0 Å². The normalized spacial score (nSPS) is 18.5. The minimum atomic E-state index is -0.833. The second kappa shape index (κ2) is 7.46. The molecule has 0 aliphatic carbocycles. The third-order valence-corrected chi connectivity index (χ3v) is 5.34. The molecule has 0 radical (unpaired) electrons. The maximum absolute atomic E-state index is 13.1. The number of anilines is 1. The van der Waals surface area contributed by atoms with E-state index < -0.39 is 11.2 Å². The molecule has 3 rings (SSSR count). The molecule has 0 bridgehead atoms. The fourth-order valence-corrected chi connectivity index (χ4v) is 4.07. The van der Waals surface area contributed by atoms with Gasteiger partial charge in [-0.2, -0.15) is 5.26 Å². The van der Waals surface area contributed by atoms with Gasteiger partial charge in [-0.15, -0.1) is 0 Å². The number of nitrogens with zero attached hydrogens (tertiary/aromatic N) is 2. The number of carbonyl (C=O) groups excluding carboxylic acids is 2. The van der Waals surface area contributed by atoms with Gasteiger partial charge in [-0.05, 0) is 31.0 Å². The van der Waals surface area contributed by atoms with Crippen molar-refractivity contribution in [3.63, 3.8) is 0 Å². The van der Waals surface area contributed by atoms with Gasteiger partial charge in [0.05, 0.1) is 5.25 Å². The summed E-state index contributed by atoms with van der Waals surface area (Å²) < 4.78 is 0. The highest BCUT2D eigenvalue weighted by Crippen LogP contribution is 2.41. The van der Waals surface area contributed by atoms with Crippen LogP contribution >= 0.6 is 11.8 Å². The Bertz CT molecular complexity index is 914. The Kier molecular flexibility index (Phi) is 5.10. The van der Waals surface area contributed by atoms with Crippen molar-refractivity contribution in [2.75, 3.05) is 4.90 Å². The minimum absolute atomic E-state index is 0.160. The molecule has 0 aromatic heterocycles. The van der Waals surface area contributed by atoms with Gasteiger partial charge in [-0.3, -0.25) is 14.5 Å². The Balaban J connectivity index is 2.03. The van der Waals surface area contributed by atoms with Gasteiger partial charge in [-0.1, -0.05) is 59.8 Å². The second-order valence-electron chi connectivity index (χ2n) is 5.96. The van der Waals surface area contributed by atoms with Crippen molar-refractivity contribution in [2.24, 2.45) is 5.73 Å². The largest absolute Gasteiger partial charge is 0.365 e. The van der Waals surface area contributed by atoms with E-state index in [1.807, 2.05) is 55.5 Å². The van der Waals surface area contributed by atoms with E-state index in [1.54, 1.807) is 12.1 Å². The number of nitriles is 1. The summed E-state index contributed by atoms with van der Waals surface area (Å²) in [4.78, 5) is 26.2. The van der Waals surface area contributed by atoms with Gasteiger partial charge < -0.3 is 5.73 Å². The maximum Gasteiger partial charge on any atom is 0.262 e. The van der Waals surface area contributed by atoms with E-state index in [2.05, 4.69) is 0 Å². The number of benzene rings is 2. The molecule has 2 amide bonds. The lowest BCUT2D eigenvalue weighted by Crippen LogP contribution is -2.31. The van der Waals surface area contributed by atoms with Gasteiger partial charge in [0.25, 0.3) is 5.91 Å². The summed E-state index contributed by atoms with van der Waals surface area (Å²) in [5.41, 5.74) is 7.85. The summed E-state index contributed by atoms with van der Waals surface area (Å²) in [5.74, 6) is -0.994. The fourth-order valence-electron chi connectivity index (χ4n) is 2.76. The van der Waals surface area contributed by atoms with E-state index in [-0.39, 0.29) is 11.5 Å². The molecule has 2 aromatic rings. The number of aryl methyl sites for hydroxylation is 1. The van der Waals surface area contributed by atoms with Crippen molar-refractivity contribution in [1.82, 2.24) is 0 Å². The standard InChI is InChI=1S/C20H17N3O2S/c1-13-7-9-15(10-8-13)23-19(25)17(11-14-5-3-2-4-6-14)26-20(23)16(12-21)18(22)24/h2-10,17H,11H2,1H3,(H2,22,24)/b20-16+/t17-/m0/s1. The molecule has 1 fully saturated rings. The highest BCUT2D eigenvalue weighted by molar-refractivity contribution is 8.05. The number of amides is 2. The van der Waals surface area contributed by atoms with Crippen molar-refractivity contribution >= 4 is 29.3 Å². The van der Waals surface area contributed by atoms with Crippen molar-refractivity contribution in [2.45, 2.75) is 18.6 Å². The molecule has 0 spiro atoms. The minimum Gasteiger partial charge on any atom is -0.365 e. The summed E-state index contributed by atoms with van der Waals surface area (Å²) in [5, 5.41) is 9.25. The Morgan fingerprint density at radius 3 is 2.42 bits per heavy atom. The molecule has 1 aliphatic heterocycles. The number of carbonyl (C=O) groups is 2. The number of rotatable bonds is 4. The molecular weight excluding hydrogens is 346 g/mol. The lowest BCUT2D eigenvalue weighted by molar-refractivity contribution is -0.117. The highest BCUT2D eigenvalue weighted by atomic mass is 32.2. The van der Waals surface area contributed by atoms with Crippen LogP contribution in [-0.4, -0.2) is 17.1 Å². The predicted octanol–water partition coefficient (Wildman–Crippen LogP) is 2.91. The summed E-state index contributed by atoms with van der Waals surface area (Å²) in [7, 11) is 0. The summed E-state index contributed by atoms with van der Waals surface area (Å²) in [6.07, 6.45) is 0.508. The van der Waals surface area contributed by atoms with Crippen LogP contribution in [-0.2, 0) is 16.0 Å². The molecule has 5 nitrogen and oxygen atoms in total. The lowest BCUT2D eigenvalue weighted by atomic mass is 10.1. The number of nitrogens with two attached hydrogens (primary N) is 1. The van der Waals surface area contributed by atoms with Gasteiger partial charge >= 0.3 is 0 Å². The molecule has 130 valence electrons. The highest BCUT2D eigenvalue weighted by Gasteiger charge is 2.40. The second-order valence-corrected chi connectivity index (χ2v) is 7.15. The summed E-state index contributed by atoms with van der Waals surface area (Å²) in [6.45, 7) is 1.95. The molecule has 1 aliphatic rings. The van der Waals surface area contributed by atoms with Crippen LogP contribution in [0.5, 0.6) is 0 Å². The van der Waals surface area contributed by atoms with E-state index in [0.717, 1.165) is 11.1 Å². The Labute approximate surface area is 156 Å². The van der Waals surface area contributed by atoms with Crippen LogP contribution in [0, 0.1) is 18.3 Å². The first-order valence-electron chi connectivity index (χ1n) is 8.06. The van der Waals surface area contributed by atoms with E-state index in [0.29, 0.717) is 17.1 Å². The van der Waals surface area contributed by atoms with Gasteiger partial charge in [0, 0.05) is 5.69 Å². The quantitative estimate of drug-likeness (QED) is 0.668. The molecule has 0 saturated carbocycles. The predicted molar refractivity (Wildman–Crippen MR) is 102 cm³/mol. The van der Waals surface area contributed by atoms with Gasteiger partial charge in [0.1, 0.15) is 16.7 Å². The van der Waals surface area contributed by atoms with Crippen LogP contribution in [0.15, 0.2) is 65.2 Å². The first-order chi connectivity index (χ1) is 12.5. The van der Waals surface area contributed by atoms with Gasteiger partial charge in [-0.25, -0.2) is 0 Å². The maximum atomic E-state index is 13.1. The zero-order valence-electron chi connectivity index (χ0n) is 14.2. The topological polar surface area (TPSA) is 87.2 Å². The van der Waals surface area contributed by atoms with Crippen molar-refractivity contribution < 1.29 is 9.59 Å². The van der Waals surface area contributed by atoms with E-state index in [4.69, 9.17) is 5.73 Å². The van der Waals surface area contributed by atoms with Crippen LogP contribution < -0.4 is 10.6 Å². The molecular formula is C20H17N3O2S. The average molecular weight is 363 g/mol. The summed E-state index contributed by atoms with van der Waals surface area (Å²) >= 11 is 1.21. The van der Waals surface area contributed by atoms with Crippen LogP contribution in [0.4, 0.5) is 5.69 Å². The molecule has 1 heterocycles. The van der Waals surface area contributed by atoms with Crippen LogP contribution in [0.1, 0.15) is 11.1 Å². The molecule has 2 N–H and O–H groups in total. The molecule has 26 heavy (non-hydrogen) atoms. The molecule has 6 heteroatoms. The number of thioether (sulfide) groups is 1. The first-order valence-corrected chi connectivity index (χ1v) is 8.94. The average Bonchev–Trinajstić information content (AvgIpc) is 2.93. The van der Waals surface area contributed by atoms with Crippen molar-refractivity contribution in [3.8, 4) is 6.07 Å². The van der Waals surface area contributed by atoms with Crippen molar-refractivity contribution in [3.05, 3.63) is 76.3 Å². The first kappa shape index (κ1) is 17.8. The van der Waals surface area contributed by atoms with Crippen LogP contribution in [0.3, 0.4) is 0 Å². The van der Waals surface area contributed by atoms with Crippen molar-refractivity contribution in [1.29, 1.82) is 5.26 Å². The smallest absolute Gasteiger partial charge is 0.262 e. The molecule has 1 atom stereocenters. The van der Waals surface area contributed by atoms with E-state index in [1.165, 1.54) is 16.7 Å². The van der Waals surface area contributed by atoms with Gasteiger partial charge in [0.15, 0.2) is 0 Å². The fraction of sp³-hybridized carbons (Fsp3) is 0.150. The van der Waals surface area contributed by atoms with Gasteiger partial charge in [0.2, 0.25) is 5.91 Å². The Morgan fingerprint density at radius 1 is 1.19 bits per heavy atom. The Hall–Kier alpha value is -3.04. The van der Waals surface area contributed by atoms with E-state index in [9.17, 15) is 14.9 Å². The number of hydrogen-bond donors (Lipinski definition) is 1. The third kappa shape index (κ3) is 3.48.